The lowest BCUT2D eigenvalue weighted by atomic mass is 10.1. The highest BCUT2D eigenvalue weighted by atomic mass is 16.6. The van der Waals surface area contributed by atoms with Gasteiger partial charge in [-0.3, -0.25) is 4.79 Å². The van der Waals surface area contributed by atoms with Gasteiger partial charge in [-0.15, -0.1) is 0 Å². The highest BCUT2D eigenvalue weighted by Gasteiger charge is 2.17. The van der Waals surface area contributed by atoms with E-state index in [1.807, 2.05) is 19.1 Å². The van der Waals surface area contributed by atoms with Crippen molar-refractivity contribution in [2.75, 3.05) is 25.6 Å². The van der Waals surface area contributed by atoms with Gasteiger partial charge in [0.25, 0.3) is 5.91 Å². The van der Waals surface area contributed by atoms with Crippen LogP contribution in [0.5, 0.6) is 17.2 Å². The second-order valence-electron chi connectivity index (χ2n) is 4.97. The Hall–Kier alpha value is -2.69. The maximum Gasteiger partial charge on any atom is 0.259 e. The van der Waals surface area contributed by atoms with E-state index in [1.165, 1.54) is 0 Å². The standard InChI is InChI=1S/C17H17NO4/c1-11-9-15-16(22-8-7-21-15)10-13(11)18-17(19)12-5-3-4-6-14(12)20-2/h3-6,9-10H,7-8H2,1-2H3,(H,18,19). The van der Waals surface area contributed by atoms with Crippen molar-refractivity contribution in [3.05, 3.63) is 47.5 Å². The molecule has 0 atom stereocenters. The van der Waals surface area contributed by atoms with Crippen LogP contribution in [0.4, 0.5) is 5.69 Å². The molecule has 5 nitrogen and oxygen atoms in total. The first-order valence-corrected chi connectivity index (χ1v) is 7.03. The zero-order chi connectivity index (χ0) is 15.5. The smallest absolute Gasteiger partial charge is 0.259 e. The van der Waals surface area contributed by atoms with Gasteiger partial charge in [-0.25, -0.2) is 0 Å². The summed E-state index contributed by atoms with van der Waals surface area (Å²) < 4.78 is 16.3. The zero-order valence-corrected chi connectivity index (χ0v) is 12.5. The van der Waals surface area contributed by atoms with Gasteiger partial charge in [-0.2, -0.15) is 0 Å². The number of fused-ring (bicyclic) bond motifs is 1. The maximum absolute atomic E-state index is 12.5. The molecule has 0 aromatic heterocycles. The van der Waals surface area contributed by atoms with Crippen LogP contribution < -0.4 is 19.5 Å². The van der Waals surface area contributed by atoms with E-state index in [-0.39, 0.29) is 5.91 Å². The number of methoxy groups -OCH3 is 1. The topological polar surface area (TPSA) is 56.8 Å². The fourth-order valence-electron chi connectivity index (χ4n) is 2.35. The minimum Gasteiger partial charge on any atom is -0.496 e. The molecule has 5 heteroatoms. The fourth-order valence-corrected chi connectivity index (χ4v) is 2.35. The van der Waals surface area contributed by atoms with Crippen molar-refractivity contribution in [3.8, 4) is 17.2 Å². The Balaban J connectivity index is 1.88. The van der Waals surface area contributed by atoms with Gasteiger partial charge in [-0.05, 0) is 30.7 Å². The van der Waals surface area contributed by atoms with Crippen LogP contribution in [0, 0.1) is 6.92 Å². The number of rotatable bonds is 3. The Morgan fingerprint density at radius 1 is 1.14 bits per heavy atom. The molecule has 114 valence electrons. The van der Waals surface area contributed by atoms with E-state index in [1.54, 1.807) is 31.4 Å². The van der Waals surface area contributed by atoms with E-state index in [4.69, 9.17) is 14.2 Å². The molecule has 2 aromatic rings. The number of hydrogen-bond acceptors (Lipinski definition) is 4. The molecule has 0 aliphatic carbocycles. The summed E-state index contributed by atoms with van der Waals surface area (Å²) in [7, 11) is 1.54. The molecule has 0 spiro atoms. The minimum absolute atomic E-state index is 0.225. The molecule has 0 fully saturated rings. The summed E-state index contributed by atoms with van der Waals surface area (Å²) in [6.45, 7) is 2.96. The van der Waals surface area contributed by atoms with Crippen molar-refractivity contribution >= 4 is 11.6 Å². The van der Waals surface area contributed by atoms with Crippen molar-refractivity contribution in [2.45, 2.75) is 6.92 Å². The molecule has 1 heterocycles. The van der Waals surface area contributed by atoms with Gasteiger partial charge in [0.1, 0.15) is 19.0 Å². The molecule has 0 saturated carbocycles. The van der Waals surface area contributed by atoms with Crippen molar-refractivity contribution in [1.29, 1.82) is 0 Å². The number of carbonyl (C=O) groups excluding carboxylic acids is 1. The molecule has 1 aliphatic heterocycles. The molecule has 1 aliphatic rings. The van der Waals surface area contributed by atoms with E-state index in [2.05, 4.69) is 5.32 Å². The maximum atomic E-state index is 12.5. The largest absolute Gasteiger partial charge is 0.496 e. The molecule has 1 amide bonds. The summed E-state index contributed by atoms with van der Waals surface area (Å²) >= 11 is 0. The van der Waals surface area contributed by atoms with Gasteiger partial charge in [0.15, 0.2) is 11.5 Å². The molecule has 22 heavy (non-hydrogen) atoms. The SMILES string of the molecule is COc1ccccc1C(=O)Nc1cc2c(cc1C)OCCO2. The molecular weight excluding hydrogens is 282 g/mol. The predicted octanol–water partition coefficient (Wildman–Crippen LogP) is 3.03. The van der Waals surface area contributed by atoms with Crippen molar-refractivity contribution in [1.82, 2.24) is 0 Å². The van der Waals surface area contributed by atoms with Gasteiger partial charge in [-0.1, -0.05) is 12.1 Å². The third-order valence-electron chi connectivity index (χ3n) is 3.49. The number of para-hydroxylation sites is 1. The summed E-state index contributed by atoms with van der Waals surface area (Å²) in [6.07, 6.45) is 0. The predicted molar refractivity (Wildman–Crippen MR) is 83.1 cm³/mol. The fraction of sp³-hybridized carbons (Fsp3) is 0.235. The average Bonchev–Trinajstić information content (AvgIpc) is 2.55. The van der Waals surface area contributed by atoms with Gasteiger partial charge in [0.05, 0.1) is 12.7 Å². The second kappa shape index (κ2) is 5.97. The Bertz CT molecular complexity index is 712. The van der Waals surface area contributed by atoms with Gasteiger partial charge in [0.2, 0.25) is 0 Å². The summed E-state index contributed by atoms with van der Waals surface area (Å²) in [5, 5.41) is 2.90. The monoisotopic (exact) mass is 299 g/mol. The minimum atomic E-state index is -0.225. The average molecular weight is 299 g/mol. The lowest BCUT2D eigenvalue weighted by Gasteiger charge is -2.20. The lowest BCUT2D eigenvalue weighted by Crippen LogP contribution is -2.17. The molecule has 0 radical (unpaired) electrons. The molecule has 0 saturated heterocycles. The van der Waals surface area contributed by atoms with Gasteiger partial charge >= 0.3 is 0 Å². The zero-order valence-electron chi connectivity index (χ0n) is 12.5. The highest BCUT2D eigenvalue weighted by molar-refractivity contribution is 6.06. The number of benzene rings is 2. The van der Waals surface area contributed by atoms with Crippen LogP contribution in [0.3, 0.4) is 0 Å². The number of carbonyl (C=O) groups is 1. The van der Waals surface area contributed by atoms with Crippen LogP contribution in [0.1, 0.15) is 15.9 Å². The second-order valence-corrected chi connectivity index (χ2v) is 4.97. The third-order valence-corrected chi connectivity index (χ3v) is 3.49. The summed E-state index contributed by atoms with van der Waals surface area (Å²) in [4.78, 5) is 12.5. The van der Waals surface area contributed by atoms with Gasteiger partial charge < -0.3 is 19.5 Å². The van der Waals surface area contributed by atoms with Crippen LogP contribution in [0.2, 0.25) is 0 Å². The Kier molecular flexibility index (Phi) is 3.87. The number of hydrogen-bond donors (Lipinski definition) is 1. The summed E-state index contributed by atoms with van der Waals surface area (Å²) in [5.74, 6) is 1.67. The van der Waals surface area contributed by atoms with Gasteiger partial charge in [0, 0.05) is 11.8 Å². The van der Waals surface area contributed by atoms with Crippen molar-refractivity contribution in [3.63, 3.8) is 0 Å². The molecule has 0 bridgehead atoms. The molecule has 3 rings (SSSR count). The van der Waals surface area contributed by atoms with Crippen LogP contribution in [0.25, 0.3) is 0 Å². The van der Waals surface area contributed by atoms with Crippen LogP contribution >= 0.6 is 0 Å². The summed E-state index contributed by atoms with van der Waals surface area (Å²) in [6, 6.07) is 10.8. The first-order valence-electron chi connectivity index (χ1n) is 7.03. The van der Waals surface area contributed by atoms with E-state index in [0.29, 0.717) is 41.7 Å². The molecule has 0 unspecified atom stereocenters. The van der Waals surface area contributed by atoms with Crippen LogP contribution in [-0.2, 0) is 0 Å². The normalized spacial score (nSPS) is 12.6. The Labute approximate surface area is 128 Å². The Morgan fingerprint density at radius 2 is 1.82 bits per heavy atom. The number of ether oxygens (including phenoxy) is 3. The van der Waals surface area contributed by atoms with Crippen LogP contribution in [0.15, 0.2) is 36.4 Å². The number of aryl methyl sites for hydroxylation is 1. The molecule has 1 N–H and O–H groups in total. The highest BCUT2D eigenvalue weighted by Crippen LogP contribution is 2.35. The van der Waals surface area contributed by atoms with E-state index in [0.717, 1.165) is 5.56 Å². The van der Waals surface area contributed by atoms with E-state index in [9.17, 15) is 4.79 Å². The number of nitrogens with one attached hydrogen (secondary N) is 1. The van der Waals surface area contributed by atoms with Crippen molar-refractivity contribution in [2.24, 2.45) is 0 Å². The third kappa shape index (κ3) is 2.70. The van der Waals surface area contributed by atoms with Crippen molar-refractivity contribution < 1.29 is 19.0 Å². The lowest BCUT2D eigenvalue weighted by molar-refractivity contribution is 0.102. The number of amides is 1. The number of anilines is 1. The first-order chi connectivity index (χ1) is 10.7. The molecular formula is C17H17NO4. The van der Waals surface area contributed by atoms with E-state index < -0.39 is 0 Å². The summed E-state index contributed by atoms with van der Waals surface area (Å²) in [5.41, 5.74) is 2.09. The first kappa shape index (κ1) is 14.3. The molecule has 2 aromatic carbocycles. The quantitative estimate of drug-likeness (QED) is 0.946. The van der Waals surface area contributed by atoms with E-state index >= 15 is 0 Å². The Morgan fingerprint density at radius 3 is 2.55 bits per heavy atom. The van der Waals surface area contributed by atoms with Crippen LogP contribution in [-0.4, -0.2) is 26.2 Å².